The standard InChI is InChI=1S/C15H12ClNO2/c1-18-14-4-2-3-5-15(14)19-13-7-6-11(9-16)8-12(13)10-17/h2-8H,9H2,1H3. The third-order valence-corrected chi connectivity index (χ3v) is 2.92. The van der Waals surface area contributed by atoms with Gasteiger partial charge in [0.1, 0.15) is 11.8 Å². The van der Waals surface area contributed by atoms with Crippen LogP contribution in [0.15, 0.2) is 42.5 Å². The lowest BCUT2D eigenvalue weighted by molar-refractivity contribution is 0.378. The molecule has 0 aliphatic heterocycles. The lowest BCUT2D eigenvalue weighted by atomic mass is 10.1. The van der Waals surface area contributed by atoms with Crippen molar-refractivity contribution in [3.8, 4) is 23.3 Å². The topological polar surface area (TPSA) is 42.2 Å². The molecule has 0 fully saturated rings. The molecule has 0 bridgehead atoms. The van der Waals surface area contributed by atoms with Gasteiger partial charge in [0, 0.05) is 5.88 Å². The lowest BCUT2D eigenvalue weighted by Gasteiger charge is -2.11. The fourth-order valence-corrected chi connectivity index (χ4v) is 1.82. The fraction of sp³-hybridized carbons (Fsp3) is 0.133. The van der Waals surface area contributed by atoms with Crippen LogP contribution in [0.1, 0.15) is 11.1 Å². The average Bonchev–Trinajstić information content (AvgIpc) is 2.48. The first kappa shape index (κ1) is 13.3. The van der Waals surface area contributed by atoms with Gasteiger partial charge in [-0.05, 0) is 29.8 Å². The Morgan fingerprint density at radius 3 is 2.47 bits per heavy atom. The molecule has 0 unspecified atom stereocenters. The summed E-state index contributed by atoms with van der Waals surface area (Å²) in [6.45, 7) is 0. The number of nitrogens with zero attached hydrogens (tertiary/aromatic N) is 1. The summed E-state index contributed by atoms with van der Waals surface area (Å²) in [5.74, 6) is 2.04. The molecule has 2 aromatic carbocycles. The maximum Gasteiger partial charge on any atom is 0.169 e. The molecule has 0 aliphatic carbocycles. The Hall–Kier alpha value is -2.18. The number of ether oxygens (including phenoxy) is 2. The smallest absolute Gasteiger partial charge is 0.169 e. The van der Waals surface area contributed by atoms with E-state index in [1.165, 1.54) is 0 Å². The van der Waals surface area contributed by atoms with Crippen molar-refractivity contribution in [2.45, 2.75) is 5.88 Å². The summed E-state index contributed by atoms with van der Waals surface area (Å²) >= 11 is 5.75. The zero-order valence-electron chi connectivity index (χ0n) is 10.4. The molecule has 0 aromatic heterocycles. The van der Waals surface area contributed by atoms with Crippen molar-refractivity contribution in [3.63, 3.8) is 0 Å². The minimum atomic E-state index is 0.365. The van der Waals surface area contributed by atoms with Gasteiger partial charge in [0.25, 0.3) is 0 Å². The Morgan fingerprint density at radius 1 is 1.11 bits per heavy atom. The van der Waals surface area contributed by atoms with E-state index in [0.29, 0.717) is 28.7 Å². The Morgan fingerprint density at radius 2 is 1.84 bits per heavy atom. The van der Waals surface area contributed by atoms with Crippen LogP contribution in [-0.2, 0) is 5.88 Å². The number of para-hydroxylation sites is 2. The second-order valence-corrected chi connectivity index (χ2v) is 4.10. The molecule has 2 aromatic rings. The number of rotatable bonds is 4. The van der Waals surface area contributed by atoms with Crippen LogP contribution in [0.3, 0.4) is 0 Å². The van der Waals surface area contributed by atoms with E-state index in [9.17, 15) is 0 Å². The van der Waals surface area contributed by atoms with Gasteiger partial charge in [-0.25, -0.2) is 0 Å². The molecule has 19 heavy (non-hydrogen) atoms. The first-order valence-corrected chi connectivity index (χ1v) is 6.21. The summed E-state index contributed by atoms with van der Waals surface area (Å²) in [7, 11) is 1.57. The quantitative estimate of drug-likeness (QED) is 0.788. The van der Waals surface area contributed by atoms with Gasteiger partial charge in [-0.1, -0.05) is 18.2 Å². The third-order valence-electron chi connectivity index (χ3n) is 2.61. The van der Waals surface area contributed by atoms with Gasteiger partial charge in [-0.3, -0.25) is 0 Å². The molecular weight excluding hydrogens is 262 g/mol. The molecule has 0 amide bonds. The molecule has 0 heterocycles. The van der Waals surface area contributed by atoms with E-state index in [4.69, 9.17) is 26.3 Å². The maximum absolute atomic E-state index is 9.14. The van der Waals surface area contributed by atoms with Crippen LogP contribution >= 0.6 is 11.6 Å². The first-order valence-electron chi connectivity index (χ1n) is 5.68. The van der Waals surface area contributed by atoms with Crippen molar-refractivity contribution in [2.75, 3.05) is 7.11 Å². The maximum atomic E-state index is 9.14. The predicted molar refractivity (Wildman–Crippen MR) is 73.8 cm³/mol. The monoisotopic (exact) mass is 273 g/mol. The molecule has 0 radical (unpaired) electrons. The highest BCUT2D eigenvalue weighted by atomic mass is 35.5. The van der Waals surface area contributed by atoms with Crippen molar-refractivity contribution in [3.05, 3.63) is 53.6 Å². The van der Waals surface area contributed by atoms with Crippen LogP contribution in [0.4, 0.5) is 0 Å². The largest absolute Gasteiger partial charge is 0.493 e. The van der Waals surface area contributed by atoms with Gasteiger partial charge in [-0.2, -0.15) is 5.26 Å². The summed E-state index contributed by atoms with van der Waals surface area (Å²) in [6.07, 6.45) is 0. The highest BCUT2D eigenvalue weighted by Crippen LogP contribution is 2.32. The summed E-state index contributed by atoms with van der Waals surface area (Å²) in [5, 5.41) is 9.14. The molecule has 0 aliphatic rings. The van der Waals surface area contributed by atoms with Gasteiger partial charge < -0.3 is 9.47 Å². The predicted octanol–water partition coefficient (Wildman–Crippen LogP) is 4.10. The van der Waals surface area contributed by atoms with Crippen LogP contribution < -0.4 is 9.47 Å². The van der Waals surface area contributed by atoms with E-state index in [1.807, 2.05) is 18.2 Å². The van der Waals surface area contributed by atoms with E-state index < -0.39 is 0 Å². The molecular formula is C15H12ClNO2. The van der Waals surface area contributed by atoms with E-state index in [2.05, 4.69) is 6.07 Å². The van der Waals surface area contributed by atoms with E-state index in [0.717, 1.165) is 5.56 Å². The van der Waals surface area contributed by atoms with Crippen molar-refractivity contribution in [2.24, 2.45) is 0 Å². The van der Waals surface area contributed by atoms with Crippen molar-refractivity contribution in [1.82, 2.24) is 0 Å². The Kier molecular flexibility index (Phi) is 4.27. The second kappa shape index (κ2) is 6.12. The summed E-state index contributed by atoms with van der Waals surface area (Å²) < 4.78 is 10.9. The Labute approximate surface area is 117 Å². The second-order valence-electron chi connectivity index (χ2n) is 3.83. The molecule has 0 saturated heterocycles. The number of hydrogen-bond acceptors (Lipinski definition) is 3. The van der Waals surface area contributed by atoms with Crippen molar-refractivity contribution < 1.29 is 9.47 Å². The van der Waals surface area contributed by atoms with E-state index in [1.54, 1.807) is 31.4 Å². The molecule has 0 saturated carbocycles. The van der Waals surface area contributed by atoms with Crippen LogP contribution in [-0.4, -0.2) is 7.11 Å². The minimum absolute atomic E-state index is 0.365. The minimum Gasteiger partial charge on any atom is -0.493 e. The molecule has 2 rings (SSSR count). The molecule has 3 nitrogen and oxygen atoms in total. The zero-order valence-corrected chi connectivity index (χ0v) is 11.1. The molecule has 4 heteroatoms. The van der Waals surface area contributed by atoms with Crippen LogP contribution in [0.5, 0.6) is 17.2 Å². The highest BCUT2D eigenvalue weighted by Gasteiger charge is 2.09. The number of methoxy groups -OCH3 is 1. The summed E-state index contributed by atoms with van der Waals surface area (Å²) in [6, 6.07) is 14.7. The van der Waals surface area contributed by atoms with Crippen molar-refractivity contribution in [1.29, 1.82) is 5.26 Å². The van der Waals surface area contributed by atoms with Gasteiger partial charge >= 0.3 is 0 Å². The SMILES string of the molecule is COc1ccccc1Oc1ccc(CCl)cc1C#N. The van der Waals surface area contributed by atoms with Crippen molar-refractivity contribution >= 4 is 11.6 Å². The van der Waals surface area contributed by atoms with E-state index in [-0.39, 0.29) is 0 Å². The third kappa shape index (κ3) is 2.98. The molecule has 96 valence electrons. The first-order chi connectivity index (χ1) is 9.28. The summed E-state index contributed by atoms with van der Waals surface area (Å²) in [5.41, 5.74) is 1.33. The van der Waals surface area contributed by atoms with E-state index >= 15 is 0 Å². The van der Waals surface area contributed by atoms with Crippen LogP contribution in [0, 0.1) is 11.3 Å². The van der Waals surface area contributed by atoms with Crippen LogP contribution in [0.2, 0.25) is 0 Å². The molecule has 0 N–H and O–H groups in total. The lowest BCUT2D eigenvalue weighted by Crippen LogP contribution is -1.93. The van der Waals surface area contributed by atoms with Gasteiger partial charge in [-0.15, -0.1) is 11.6 Å². The van der Waals surface area contributed by atoms with Gasteiger partial charge in [0.05, 0.1) is 12.7 Å². The molecule has 0 spiro atoms. The zero-order chi connectivity index (χ0) is 13.7. The highest BCUT2D eigenvalue weighted by molar-refractivity contribution is 6.17. The normalized spacial score (nSPS) is 9.74. The van der Waals surface area contributed by atoms with Gasteiger partial charge in [0.15, 0.2) is 11.5 Å². The summed E-state index contributed by atoms with van der Waals surface area (Å²) in [4.78, 5) is 0. The number of nitriles is 1. The Bertz CT molecular complexity index is 620. The number of benzene rings is 2. The fourth-order valence-electron chi connectivity index (χ4n) is 1.66. The average molecular weight is 274 g/mol. The number of hydrogen-bond donors (Lipinski definition) is 0. The number of halogens is 1. The molecule has 0 atom stereocenters. The number of alkyl halides is 1. The van der Waals surface area contributed by atoms with Crippen LogP contribution in [0.25, 0.3) is 0 Å². The van der Waals surface area contributed by atoms with Gasteiger partial charge in [0.2, 0.25) is 0 Å². The Balaban J connectivity index is 2.36.